The minimum Gasteiger partial charge on any atom is -0.383 e. The Kier molecular flexibility index (Phi) is 6.43. The second-order valence-corrected chi connectivity index (χ2v) is 7.38. The summed E-state index contributed by atoms with van der Waals surface area (Å²) >= 11 is 0. The first kappa shape index (κ1) is 18.3. The second-order valence-electron chi connectivity index (χ2n) is 7.38. The molecule has 25 heavy (non-hydrogen) atoms. The molecule has 0 aliphatic carbocycles. The van der Waals surface area contributed by atoms with E-state index in [-0.39, 0.29) is 11.7 Å². The lowest BCUT2D eigenvalue weighted by Crippen LogP contribution is -2.42. The predicted molar refractivity (Wildman–Crippen MR) is 95.8 cm³/mol. The lowest BCUT2D eigenvalue weighted by Gasteiger charge is -2.33. The average Bonchev–Trinajstić information content (AvgIpc) is 3.11. The predicted octanol–water partition coefficient (Wildman–Crippen LogP) is 2.58. The molecule has 2 aliphatic heterocycles. The Bertz CT molecular complexity index is 555. The number of rotatable bonds is 6. The number of piperidine rings is 1. The summed E-state index contributed by atoms with van der Waals surface area (Å²) in [5.74, 6) is 0.905. The first-order valence-electron chi connectivity index (χ1n) is 9.40. The molecule has 1 unspecified atom stereocenters. The quantitative estimate of drug-likeness (QED) is 0.792. The molecule has 1 atom stereocenters. The van der Waals surface area contributed by atoms with Crippen molar-refractivity contribution in [3.05, 3.63) is 35.6 Å². The Morgan fingerprint density at radius 2 is 1.88 bits per heavy atom. The van der Waals surface area contributed by atoms with Gasteiger partial charge in [-0.2, -0.15) is 0 Å². The molecule has 0 radical (unpaired) electrons. The molecule has 2 saturated heterocycles. The van der Waals surface area contributed by atoms with E-state index >= 15 is 0 Å². The molecule has 0 bridgehead atoms. The monoisotopic (exact) mass is 348 g/mol. The molecule has 1 amide bonds. The highest BCUT2D eigenvalue weighted by molar-refractivity contribution is 5.79. The molecule has 4 nitrogen and oxygen atoms in total. The van der Waals surface area contributed by atoms with Crippen LogP contribution in [0.25, 0.3) is 0 Å². The Morgan fingerprint density at radius 1 is 1.16 bits per heavy atom. The number of benzene rings is 1. The number of nitrogens with zero attached hydrogens (tertiary/aromatic N) is 2. The molecular weight excluding hydrogens is 319 g/mol. The van der Waals surface area contributed by atoms with E-state index in [1.165, 1.54) is 17.7 Å². The van der Waals surface area contributed by atoms with E-state index < -0.39 is 0 Å². The van der Waals surface area contributed by atoms with E-state index in [9.17, 15) is 9.18 Å². The van der Waals surface area contributed by atoms with E-state index in [2.05, 4.69) is 9.80 Å². The van der Waals surface area contributed by atoms with Gasteiger partial charge in [0, 0.05) is 33.3 Å². The van der Waals surface area contributed by atoms with Crippen LogP contribution in [-0.2, 0) is 16.0 Å². The van der Waals surface area contributed by atoms with Crippen molar-refractivity contribution in [3.8, 4) is 0 Å². The van der Waals surface area contributed by atoms with Crippen molar-refractivity contribution in [2.75, 3.05) is 46.4 Å². The van der Waals surface area contributed by atoms with Crippen LogP contribution in [0, 0.1) is 17.7 Å². The van der Waals surface area contributed by atoms with Crippen LogP contribution in [0.3, 0.4) is 0 Å². The number of methoxy groups -OCH3 is 1. The van der Waals surface area contributed by atoms with Crippen LogP contribution in [0.15, 0.2) is 24.3 Å². The molecule has 0 saturated carbocycles. The first-order valence-corrected chi connectivity index (χ1v) is 9.40. The number of carbonyl (C=O) groups is 1. The lowest BCUT2D eigenvalue weighted by molar-refractivity contribution is -0.136. The molecular formula is C20H29FN2O2. The topological polar surface area (TPSA) is 32.8 Å². The molecule has 1 aromatic rings. The summed E-state index contributed by atoms with van der Waals surface area (Å²) in [6, 6.07) is 6.81. The third-order valence-electron chi connectivity index (χ3n) is 5.60. The third-order valence-corrected chi connectivity index (χ3v) is 5.60. The van der Waals surface area contributed by atoms with Crippen LogP contribution >= 0.6 is 0 Å². The van der Waals surface area contributed by atoms with Crippen LogP contribution in [0.2, 0.25) is 0 Å². The Labute approximate surface area is 149 Å². The maximum atomic E-state index is 13.0. The summed E-state index contributed by atoms with van der Waals surface area (Å²) in [6.07, 6.45) is 4.04. The van der Waals surface area contributed by atoms with Gasteiger partial charge in [0.1, 0.15) is 5.82 Å². The highest BCUT2D eigenvalue weighted by atomic mass is 19.1. The first-order chi connectivity index (χ1) is 12.2. The number of amides is 1. The van der Waals surface area contributed by atoms with Gasteiger partial charge in [0.15, 0.2) is 0 Å². The van der Waals surface area contributed by atoms with Crippen molar-refractivity contribution in [3.63, 3.8) is 0 Å². The summed E-state index contributed by atoms with van der Waals surface area (Å²) in [6.45, 7) is 5.24. The van der Waals surface area contributed by atoms with Crippen LogP contribution in [0.4, 0.5) is 4.39 Å². The van der Waals surface area contributed by atoms with Crippen molar-refractivity contribution in [2.24, 2.45) is 11.8 Å². The van der Waals surface area contributed by atoms with E-state index in [1.54, 1.807) is 7.11 Å². The molecule has 3 rings (SSSR count). The van der Waals surface area contributed by atoms with Gasteiger partial charge >= 0.3 is 0 Å². The molecule has 0 N–H and O–H groups in total. The number of carbonyl (C=O) groups excluding carboxylic acids is 1. The van der Waals surface area contributed by atoms with Crippen molar-refractivity contribution in [1.82, 2.24) is 9.80 Å². The normalized spacial score (nSPS) is 22.5. The fourth-order valence-electron chi connectivity index (χ4n) is 4.03. The minimum absolute atomic E-state index is 0.158. The molecule has 138 valence electrons. The van der Waals surface area contributed by atoms with Gasteiger partial charge in [-0.15, -0.1) is 0 Å². The average molecular weight is 348 g/mol. The zero-order chi connectivity index (χ0) is 17.6. The lowest BCUT2D eigenvalue weighted by atomic mass is 9.89. The van der Waals surface area contributed by atoms with Crippen molar-refractivity contribution in [1.29, 1.82) is 0 Å². The largest absolute Gasteiger partial charge is 0.383 e. The fourth-order valence-corrected chi connectivity index (χ4v) is 4.03. The molecule has 1 aromatic carbocycles. The van der Waals surface area contributed by atoms with Crippen molar-refractivity contribution in [2.45, 2.75) is 25.7 Å². The zero-order valence-corrected chi connectivity index (χ0v) is 15.1. The highest BCUT2D eigenvalue weighted by Crippen LogP contribution is 2.25. The zero-order valence-electron chi connectivity index (χ0n) is 15.1. The van der Waals surface area contributed by atoms with E-state index in [0.29, 0.717) is 11.8 Å². The third kappa shape index (κ3) is 5.02. The van der Waals surface area contributed by atoms with E-state index in [1.807, 2.05) is 12.1 Å². The van der Waals surface area contributed by atoms with Crippen LogP contribution < -0.4 is 0 Å². The number of hydrogen-bond acceptors (Lipinski definition) is 3. The van der Waals surface area contributed by atoms with Gasteiger partial charge in [0.2, 0.25) is 5.91 Å². The molecule has 2 fully saturated rings. The summed E-state index contributed by atoms with van der Waals surface area (Å²) in [5.41, 5.74) is 1.19. The van der Waals surface area contributed by atoms with Crippen LogP contribution in [0.5, 0.6) is 0 Å². The van der Waals surface area contributed by atoms with E-state index in [0.717, 1.165) is 65.0 Å². The number of likely N-dealkylation sites (tertiary alicyclic amines) is 2. The number of ether oxygens (including phenoxy) is 1. The SMILES string of the molecule is COCCN1CCC(C(=O)N2CCC(Cc3ccc(F)cc3)CC2)C1. The molecule has 0 aromatic heterocycles. The second kappa shape index (κ2) is 8.77. The Hall–Kier alpha value is -1.46. The minimum atomic E-state index is -0.180. The van der Waals surface area contributed by atoms with Gasteiger partial charge in [-0.05, 0) is 55.8 Å². The summed E-state index contributed by atoms with van der Waals surface area (Å²) in [7, 11) is 1.72. The highest BCUT2D eigenvalue weighted by Gasteiger charge is 2.32. The Balaban J connectivity index is 1.42. The standard InChI is InChI=1S/C20H29FN2O2/c1-25-13-12-22-9-8-18(15-22)20(24)23-10-6-17(7-11-23)14-16-2-4-19(21)5-3-16/h2-5,17-18H,6-15H2,1H3. The van der Waals surface area contributed by atoms with Crippen molar-refractivity contribution < 1.29 is 13.9 Å². The summed E-state index contributed by atoms with van der Waals surface area (Å²) in [5, 5.41) is 0. The van der Waals surface area contributed by atoms with Gasteiger partial charge in [-0.1, -0.05) is 12.1 Å². The fraction of sp³-hybridized carbons (Fsp3) is 0.650. The summed E-state index contributed by atoms with van der Waals surface area (Å²) in [4.78, 5) is 17.1. The summed E-state index contributed by atoms with van der Waals surface area (Å²) < 4.78 is 18.1. The van der Waals surface area contributed by atoms with E-state index in [4.69, 9.17) is 4.74 Å². The molecule has 2 heterocycles. The van der Waals surface area contributed by atoms with Gasteiger partial charge in [-0.3, -0.25) is 4.79 Å². The smallest absolute Gasteiger partial charge is 0.227 e. The molecule has 5 heteroatoms. The van der Waals surface area contributed by atoms with Gasteiger partial charge in [0.05, 0.1) is 12.5 Å². The van der Waals surface area contributed by atoms with Gasteiger partial charge in [-0.25, -0.2) is 4.39 Å². The van der Waals surface area contributed by atoms with Gasteiger partial charge in [0.25, 0.3) is 0 Å². The molecule has 2 aliphatic rings. The number of hydrogen-bond donors (Lipinski definition) is 0. The maximum Gasteiger partial charge on any atom is 0.227 e. The number of halogens is 1. The van der Waals surface area contributed by atoms with Crippen molar-refractivity contribution >= 4 is 5.91 Å². The van der Waals surface area contributed by atoms with Crippen LogP contribution in [-0.4, -0.2) is 62.1 Å². The Morgan fingerprint density at radius 3 is 2.56 bits per heavy atom. The van der Waals surface area contributed by atoms with Gasteiger partial charge < -0.3 is 14.5 Å². The maximum absolute atomic E-state index is 13.0. The molecule has 0 spiro atoms. The van der Waals surface area contributed by atoms with Crippen LogP contribution in [0.1, 0.15) is 24.8 Å².